The van der Waals surface area contributed by atoms with Crippen molar-refractivity contribution in [3.05, 3.63) is 35.9 Å². The van der Waals surface area contributed by atoms with Gasteiger partial charge in [0.2, 0.25) is 0 Å². The molecule has 0 amide bonds. The summed E-state index contributed by atoms with van der Waals surface area (Å²) in [5.74, 6) is 0. The predicted octanol–water partition coefficient (Wildman–Crippen LogP) is 3.34. The van der Waals surface area contributed by atoms with E-state index in [9.17, 15) is 0 Å². The lowest BCUT2D eigenvalue weighted by Gasteiger charge is -2.47. The van der Waals surface area contributed by atoms with Crippen molar-refractivity contribution in [3.8, 4) is 0 Å². The summed E-state index contributed by atoms with van der Waals surface area (Å²) in [6.45, 7) is 3.13. The predicted molar refractivity (Wildman–Crippen MR) is 93.4 cm³/mol. The van der Waals surface area contributed by atoms with E-state index in [-0.39, 0.29) is 0 Å². The highest BCUT2D eigenvalue weighted by Crippen LogP contribution is 2.34. The van der Waals surface area contributed by atoms with Gasteiger partial charge in [-0.1, -0.05) is 49.6 Å². The Hall–Kier alpha value is -0.900. The van der Waals surface area contributed by atoms with Crippen LogP contribution in [0.5, 0.6) is 0 Å². The van der Waals surface area contributed by atoms with Gasteiger partial charge in [0, 0.05) is 31.2 Å². The van der Waals surface area contributed by atoms with Crippen molar-refractivity contribution >= 4 is 0 Å². The molecule has 2 saturated carbocycles. The number of nitrogens with one attached hydrogen (secondary N) is 1. The Morgan fingerprint density at radius 3 is 2.70 bits per heavy atom. The van der Waals surface area contributed by atoms with Crippen LogP contribution in [0.4, 0.5) is 0 Å². The molecule has 126 valence electrons. The summed E-state index contributed by atoms with van der Waals surface area (Å²) in [4.78, 5) is 2.82. The highest BCUT2D eigenvalue weighted by Gasteiger charge is 2.41. The fourth-order valence-electron chi connectivity index (χ4n) is 4.96. The average Bonchev–Trinajstić information content (AvgIpc) is 3.10. The summed E-state index contributed by atoms with van der Waals surface area (Å²) < 4.78 is 6.42. The van der Waals surface area contributed by atoms with Crippen molar-refractivity contribution in [2.45, 2.75) is 75.8 Å². The minimum absolute atomic E-state index is 0.420. The maximum absolute atomic E-state index is 6.42. The number of nitrogens with zero attached hydrogens (tertiary/aromatic N) is 1. The van der Waals surface area contributed by atoms with Crippen LogP contribution in [-0.2, 0) is 11.3 Å². The van der Waals surface area contributed by atoms with E-state index in [1.807, 2.05) is 0 Å². The molecule has 1 N–H and O–H groups in total. The first-order valence-electron chi connectivity index (χ1n) is 9.56. The highest BCUT2D eigenvalue weighted by atomic mass is 16.5. The third-order valence-electron chi connectivity index (χ3n) is 6.08. The molecule has 23 heavy (non-hydrogen) atoms. The van der Waals surface area contributed by atoms with Crippen molar-refractivity contribution in [3.63, 3.8) is 0 Å². The van der Waals surface area contributed by atoms with E-state index in [4.69, 9.17) is 4.74 Å². The van der Waals surface area contributed by atoms with E-state index >= 15 is 0 Å². The van der Waals surface area contributed by atoms with Gasteiger partial charge >= 0.3 is 0 Å². The Kier molecular flexibility index (Phi) is 4.98. The average molecular weight is 314 g/mol. The Labute approximate surface area is 140 Å². The Morgan fingerprint density at radius 2 is 1.78 bits per heavy atom. The molecular formula is C20H30N2O. The van der Waals surface area contributed by atoms with Gasteiger partial charge in [0.15, 0.2) is 0 Å². The van der Waals surface area contributed by atoms with Gasteiger partial charge in [-0.3, -0.25) is 4.90 Å². The maximum Gasteiger partial charge on any atom is 0.0734 e. The number of ether oxygens (including phenoxy) is 1. The first kappa shape index (κ1) is 15.6. The largest absolute Gasteiger partial charge is 0.372 e. The molecule has 4 atom stereocenters. The number of piperazine rings is 1. The minimum atomic E-state index is 0.420. The summed E-state index contributed by atoms with van der Waals surface area (Å²) in [5, 5.41) is 3.74. The molecule has 1 heterocycles. The summed E-state index contributed by atoms with van der Waals surface area (Å²) >= 11 is 0. The molecule has 4 rings (SSSR count). The number of benzene rings is 1. The lowest BCUT2D eigenvalue weighted by atomic mass is 9.89. The quantitative estimate of drug-likeness (QED) is 0.922. The van der Waals surface area contributed by atoms with E-state index in [1.165, 1.54) is 57.1 Å². The molecule has 0 spiro atoms. The highest BCUT2D eigenvalue weighted by molar-refractivity contribution is 5.13. The van der Waals surface area contributed by atoms with Gasteiger partial charge in [0.1, 0.15) is 0 Å². The van der Waals surface area contributed by atoms with Crippen LogP contribution in [0.15, 0.2) is 30.3 Å². The second kappa shape index (κ2) is 7.33. The zero-order valence-electron chi connectivity index (χ0n) is 14.1. The Morgan fingerprint density at radius 1 is 0.957 bits per heavy atom. The molecule has 1 aliphatic heterocycles. The van der Waals surface area contributed by atoms with Crippen molar-refractivity contribution < 1.29 is 4.74 Å². The molecule has 3 heteroatoms. The summed E-state index contributed by atoms with van der Waals surface area (Å²) in [7, 11) is 0. The van der Waals surface area contributed by atoms with Crippen LogP contribution in [0.1, 0.15) is 50.5 Å². The van der Waals surface area contributed by atoms with Crippen LogP contribution in [0, 0.1) is 0 Å². The van der Waals surface area contributed by atoms with E-state index in [2.05, 4.69) is 40.5 Å². The monoisotopic (exact) mass is 314 g/mol. The number of fused-ring (bicyclic) bond motifs is 1. The van der Waals surface area contributed by atoms with Crippen LogP contribution >= 0.6 is 0 Å². The molecule has 0 bridgehead atoms. The smallest absolute Gasteiger partial charge is 0.0734 e. The zero-order valence-corrected chi connectivity index (χ0v) is 14.1. The van der Waals surface area contributed by atoms with Crippen molar-refractivity contribution in [1.82, 2.24) is 10.2 Å². The third-order valence-corrected chi connectivity index (χ3v) is 6.08. The van der Waals surface area contributed by atoms with Gasteiger partial charge in [-0.25, -0.2) is 0 Å². The van der Waals surface area contributed by atoms with Crippen LogP contribution in [0.25, 0.3) is 0 Å². The number of rotatable bonds is 4. The maximum atomic E-state index is 6.42. The Bertz CT molecular complexity index is 492. The van der Waals surface area contributed by atoms with Crippen LogP contribution in [0.3, 0.4) is 0 Å². The van der Waals surface area contributed by atoms with Gasteiger partial charge in [0.25, 0.3) is 0 Å². The summed E-state index contributed by atoms with van der Waals surface area (Å²) in [6.07, 6.45) is 9.81. The van der Waals surface area contributed by atoms with Crippen molar-refractivity contribution in [2.24, 2.45) is 0 Å². The number of hydrogen-bond donors (Lipinski definition) is 1. The molecular weight excluding hydrogens is 284 g/mol. The zero-order chi connectivity index (χ0) is 15.5. The van der Waals surface area contributed by atoms with Gasteiger partial charge in [-0.2, -0.15) is 0 Å². The Balaban J connectivity index is 1.42. The van der Waals surface area contributed by atoms with Crippen molar-refractivity contribution in [1.29, 1.82) is 0 Å². The first-order valence-corrected chi connectivity index (χ1v) is 9.56. The first-order chi connectivity index (χ1) is 11.4. The molecule has 0 radical (unpaired) electrons. The number of hydrogen-bond acceptors (Lipinski definition) is 3. The molecule has 3 nitrogen and oxygen atoms in total. The fourth-order valence-corrected chi connectivity index (χ4v) is 4.96. The lowest BCUT2D eigenvalue weighted by Crippen LogP contribution is -2.61. The standard InChI is InChI=1S/C20H30N2O/c1-2-7-16(8-3-1)15-23-20-12-5-4-10-19(20)22-14-13-21-17-9-6-11-18(17)22/h1-3,7-8,17-21H,4-6,9-15H2/t17-,18+,19-,20+/m1/s1. The lowest BCUT2D eigenvalue weighted by molar-refractivity contribution is -0.0643. The van der Waals surface area contributed by atoms with E-state index < -0.39 is 0 Å². The fraction of sp³-hybridized carbons (Fsp3) is 0.700. The molecule has 0 aromatic heterocycles. The minimum Gasteiger partial charge on any atom is -0.372 e. The van der Waals surface area contributed by atoms with E-state index in [0.29, 0.717) is 12.1 Å². The third kappa shape index (κ3) is 3.47. The van der Waals surface area contributed by atoms with Crippen LogP contribution < -0.4 is 5.32 Å². The SMILES string of the molecule is c1ccc(CO[C@H]2CCCC[C@H]2N2CCN[C@@H]3CCC[C@@H]32)cc1. The van der Waals surface area contributed by atoms with Crippen LogP contribution in [-0.4, -0.2) is 42.2 Å². The van der Waals surface area contributed by atoms with Crippen LogP contribution in [0.2, 0.25) is 0 Å². The summed E-state index contributed by atoms with van der Waals surface area (Å²) in [6, 6.07) is 12.8. The molecule has 0 unspecified atom stereocenters. The second-order valence-corrected chi connectivity index (χ2v) is 7.48. The topological polar surface area (TPSA) is 24.5 Å². The van der Waals surface area contributed by atoms with Crippen molar-refractivity contribution in [2.75, 3.05) is 13.1 Å². The second-order valence-electron chi connectivity index (χ2n) is 7.48. The molecule has 1 aromatic rings. The van der Waals surface area contributed by atoms with Gasteiger partial charge in [0.05, 0.1) is 12.7 Å². The van der Waals surface area contributed by atoms with Gasteiger partial charge in [-0.15, -0.1) is 0 Å². The summed E-state index contributed by atoms with van der Waals surface area (Å²) in [5.41, 5.74) is 1.30. The molecule has 2 aliphatic carbocycles. The van der Waals surface area contributed by atoms with Gasteiger partial charge in [-0.05, 0) is 31.2 Å². The molecule has 1 aromatic carbocycles. The molecule has 3 fully saturated rings. The molecule has 3 aliphatic rings. The van der Waals surface area contributed by atoms with E-state index in [0.717, 1.165) is 25.2 Å². The van der Waals surface area contributed by atoms with E-state index in [1.54, 1.807) is 0 Å². The molecule has 1 saturated heterocycles. The normalized spacial score (nSPS) is 35.1. The van der Waals surface area contributed by atoms with Gasteiger partial charge < -0.3 is 10.1 Å².